The number of rotatable bonds is 47. The minimum atomic E-state index is -0.781. The molecule has 0 aliphatic rings. The Kier molecular flexibility index (Phi) is 48.9. The molecule has 1 unspecified atom stereocenters. The highest BCUT2D eigenvalue weighted by atomic mass is 16.6. The van der Waals surface area contributed by atoms with Crippen molar-refractivity contribution < 1.29 is 28.6 Å². The topological polar surface area (TPSA) is 78.9 Å². The van der Waals surface area contributed by atoms with Crippen molar-refractivity contribution in [2.24, 2.45) is 0 Å². The van der Waals surface area contributed by atoms with E-state index in [-0.39, 0.29) is 31.1 Å². The van der Waals surface area contributed by atoms with Gasteiger partial charge in [0.1, 0.15) is 13.2 Å². The average molecular weight is 879 g/mol. The van der Waals surface area contributed by atoms with E-state index in [1.54, 1.807) is 0 Å². The van der Waals surface area contributed by atoms with Gasteiger partial charge in [-0.25, -0.2) is 0 Å². The zero-order valence-corrected chi connectivity index (χ0v) is 41.3. The van der Waals surface area contributed by atoms with Crippen molar-refractivity contribution in [3.63, 3.8) is 0 Å². The van der Waals surface area contributed by atoms with Crippen molar-refractivity contribution in [1.29, 1.82) is 0 Å². The lowest BCUT2D eigenvalue weighted by atomic mass is 10.1. The number of unbranched alkanes of at least 4 members (excludes halogenated alkanes) is 24. The largest absolute Gasteiger partial charge is 0.462 e. The molecule has 362 valence electrons. The monoisotopic (exact) mass is 879 g/mol. The fraction of sp³-hybridized carbons (Fsp3) is 0.737. The second kappa shape index (κ2) is 51.5. The van der Waals surface area contributed by atoms with Gasteiger partial charge in [-0.15, -0.1) is 0 Å². The van der Waals surface area contributed by atoms with Crippen molar-refractivity contribution in [3.05, 3.63) is 72.9 Å². The first-order valence-electron chi connectivity index (χ1n) is 26.4. The van der Waals surface area contributed by atoms with Crippen LogP contribution in [0.4, 0.5) is 0 Å². The molecule has 6 nitrogen and oxygen atoms in total. The summed E-state index contributed by atoms with van der Waals surface area (Å²) in [5, 5.41) is 0. The third-order valence-corrected chi connectivity index (χ3v) is 11.2. The van der Waals surface area contributed by atoms with E-state index in [4.69, 9.17) is 14.2 Å². The van der Waals surface area contributed by atoms with Gasteiger partial charge in [0.2, 0.25) is 0 Å². The van der Waals surface area contributed by atoms with Crippen LogP contribution in [0.1, 0.15) is 252 Å². The minimum Gasteiger partial charge on any atom is -0.462 e. The smallest absolute Gasteiger partial charge is 0.306 e. The third-order valence-electron chi connectivity index (χ3n) is 11.2. The third kappa shape index (κ3) is 49.7. The van der Waals surface area contributed by atoms with E-state index in [1.807, 2.05) is 0 Å². The van der Waals surface area contributed by atoms with Crippen LogP contribution in [0.2, 0.25) is 0 Å². The lowest BCUT2D eigenvalue weighted by Gasteiger charge is -2.18. The van der Waals surface area contributed by atoms with Gasteiger partial charge in [-0.05, 0) is 70.6 Å². The van der Waals surface area contributed by atoms with Crippen molar-refractivity contribution >= 4 is 17.9 Å². The molecular formula is C57H98O6. The second-order valence-electron chi connectivity index (χ2n) is 17.4. The Hall–Kier alpha value is -3.15. The zero-order valence-electron chi connectivity index (χ0n) is 41.3. The maximum Gasteiger partial charge on any atom is 0.306 e. The number of carbonyl (C=O) groups is 3. The predicted octanol–water partition coefficient (Wildman–Crippen LogP) is 17.4. The number of carbonyl (C=O) groups excluding carboxylic acids is 3. The molecule has 0 saturated carbocycles. The van der Waals surface area contributed by atoms with Gasteiger partial charge in [0.15, 0.2) is 6.10 Å². The fourth-order valence-corrected chi connectivity index (χ4v) is 7.27. The molecule has 0 aromatic rings. The molecule has 0 fully saturated rings. The highest BCUT2D eigenvalue weighted by Gasteiger charge is 2.19. The van der Waals surface area contributed by atoms with Crippen LogP contribution in [0.3, 0.4) is 0 Å². The molecule has 0 rings (SSSR count). The van der Waals surface area contributed by atoms with Gasteiger partial charge in [-0.1, -0.05) is 235 Å². The Morgan fingerprint density at radius 1 is 0.333 bits per heavy atom. The Labute approximate surface area is 389 Å². The minimum absolute atomic E-state index is 0.0806. The quantitative estimate of drug-likeness (QED) is 0.0262. The molecule has 0 spiro atoms. The molecule has 0 heterocycles. The summed E-state index contributed by atoms with van der Waals surface area (Å²) in [6.45, 7) is 6.49. The zero-order chi connectivity index (χ0) is 45.8. The van der Waals surface area contributed by atoms with Crippen LogP contribution in [-0.4, -0.2) is 37.2 Å². The summed E-state index contributed by atoms with van der Waals surface area (Å²) in [6.07, 6.45) is 64.6. The summed E-state index contributed by atoms with van der Waals surface area (Å²) in [7, 11) is 0. The molecule has 0 bridgehead atoms. The molecule has 0 aliphatic heterocycles. The number of hydrogen-bond acceptors (Lipinski definition) is 6. The maximum atomic E-state index is 12.8. The SMILES string of the molecule is CC/C=C\C/C=C\C/C=C\C/C=C\C/C=C\C/C=C\CCCCCCC(=O)OCC(COC(=O)CCCCCCCCCCCCC)OC(=O)CCCCCCCCCCCCC. The van der Waals surface area contributed by atoms with E-state index in [2.05, 4.69) is 93.7 Å². The van der Waals surface area contributed by atoms with Crippen molar-refractivity contribution in [3.8, 4) is 0 Å². The Morgan fingerprint density at radius 2 is 0.619 bits per heavy atom. The van der Waals surface area contributed by atoms with Crippen molar-refractivity contribution in [1.82, 2.24) is 0 Å². The van der Waals surface area contributed by atoms with Gasteiger partial charge < -0.3 is 14.2 Å². The van der Waals surface area contributed by atoms with Crippen LogP contribution in [0, 0.1) is 0 Å². The van der Waals surface area contributed by atoms with E-state index < -0.39 is 6.10 Å². The van der Waals surface area contributed by atoms with Gasteiger partial charge in [0.05, 0.1) is 0 Å². The maximum absolute atomic E-state index is 12.8. The summed E-state index contributed by atoms with van der Waals surface area (Å²) >= 11 is 0. The van der Waals surface area contributed by atoms with E-state index in [0.717, 1.165) is 109 Å². The Balaban J connectivity index is 4.33. The second-order valence-corrected chi connectivity index (χ2v) is 17.4. The summed E-state index contributed by atoms with van der Waals surface area (Å²) in [6, 6.07) is 0. The lowest BCUT2D eigenvalue weighted by molar-refractivity contribution is -0.167. The molecule has 6 heteroatoms. The molecule has 0 radical (unpaired) electrons. The van der Waals surface area contributed by atoms with Gasteiger partial charge in [-0.2, -0.15) is 0 Å². The van der Waals surface area contributed by atoms with Crippen LogP contribution < -0.4 is 0 Å². The first-order chi connectivity index (χ1) is 31.0. The molecule has 0 amide bonds. The summed E-state index contributed by atoms with van der Waals surface area (Å²) in [5.74, 6) is -0.904. The molecule has 0 aromatic heterocycles. The number of allylic oxidation sites excluding steroid dienone is 12. The summed E-state index contributed by atoms with van der Waals surface area (Å²) in [4.78, 5) is 37.9. The molecule has 0 aromatic carbocycles. The van der Waals surface area contributed by atoms with Gasteiger partial charge in [0.25, 0.3) is 0 Å². The molecule has 0 N–H and O–H groups in total. The summed E-state index contributed by atoms with van der Waals surface area (Å²) in [5.41, 5.74) is 0. The van der Waals surface area contributed by atoms with Crippen LogP contribution >= 0.6 is 0 Å². The predicted molar refractivity (Wildman–Crippen MR) is 270 cm³/mol. The van der Waals surface area contributed by atoms with Crippen LogP contribution in [0.15, 0.2) is 72.9 Å². The number of ether oxygens (including phenoxy) is 3. The Morgan fingerprint density at radius 3 is 0.968 bits per heavy atom. The van der Waals surface area contributed by atoms with Crippen LogP contribution in [0.25, 0.3) is 0 Å². The van der Waals surface area contributed by atoms with Gasteiger partial charge in [0, 0.05) is 19.3 Å². The first kappa shape index (κ1) is 59.9. The standard InChI is InChI=1S/C57H98O6/c1-4-7-10-13-16-19-22-23-24-25-26-27-28-29-30-31-32-33-36-38-41-44-47-50-56(59)62-53-54(63-57(60)51-48-45-42-39-35-21-18-15-12-9-6-3)52-61-55(58)49-46-43-40-37-34-20-17-14-11-8-5-2/h7,10,16,19,23-24,26-27,29-30,32-33,54H,4-6,8-9,11-15,17-18,20-22,25,28,31,34-53H2,1-3H3/b10-7-,19-16-,24-23-,27-26-,30-29-,33-32-. The highest BCUT2D eigenvalue weighted by Crippen LogP contribution is 2.15. The number of hydrogen-bond donors (Lipinski definition) is 0. The van der Waals surface area contributed by atoms with Crippen molar-refractivity contribution in [2.45, 2.75) is 258 Å². The van der Waals surface area contributed by atoms with E-state index in [1.165, 1.54) is 103 Å². The highest BCUT2D eigenvalue weighted by molar-refractivity contribution is 5.71. The van der Waals surface area contributed by atoms with Crippen LogP contribution in [0.5, 0.6) is 0 Å². The molecule has 1 atom stereocenters. The fourth-order valence-electron chi connectivity index (χ4n) is 7.27. The Bertz CT molecular complexity index is 1190. The number of esters is 3. The van der Waals surface area contributed by atoms with E-state index in [0.29, 0.717) is 19.3 Å². The lowest BCUT2D eigenvalue weighted by Crippen LogP contribution is -2.30. The molecule has 63 heavy (non-hydrogen) atoms. The molecular weight excluding hydrogens is 781 g/mol. The first-order valence-corrected chi connectivity index (χ1v) is 26.4. The van der Waals surface area contributed by atoms with E-state index in [9.17, 15) is 14.4 Å². The van der Waals surface area contributed by atoms with Crippen LogP contribution in [-0.2, 0) is 28.6 Å². The normalized spacial score (nSPS) is 12.6. The van der Waals surface area contributed by atoms with Gasteiger partial charge >= 0.3 is 17.9 Å². The molecule has 0 saturated heterocycles. The van der Waals surface area contributed by atoms with Crippen molar-refractivity contribution in [2.75, 3.05) is 13.2 Å². The molecule has 0 aliphatic carbocycles. The summed E-state index contributed by atoms with van der Waals surface area (Å²) < 4.78 is 16.8. The van der Waals surface area contributed by atoms with E-state index >= 15 is 0 Å². The van der Waals surface area contributed by atoms with Gasteiger partial charge in [-0.3, -0.25) is 14.4 Å². The average Bonchev–Trinajstić information content (AvgIpc) is 3.28.